The average Bonchev–Trinajstić information content (AvgIpc) is 3.30. The molecule has 3 aliphatic heterocycles. The number of nitrogens with one attached hydrogen (secondary N) is 1. The number of sulfone groups is 1. The summed E-state index contributed by atoms with van der Waals surface area (Å²) in [6, 6.07) is 7.85. The Kier molecular flexibility index (Phi) is 5.61. The zero-order valence-corrected chi connectivity index (χ0v) is 18.2. The van der Waals surface area contributed by atoms with Crippen LogP contribution in [0.4, 0.5) is 5.69 Å². The van der Waals surface area contributed by atoms with E-state index in [0.717, 1.165) is 16.4 Å². The minimum absolute atomic E-state index is 0.0314. The van der Waals surface area contributed by atoms with Gasteiger partial charge in [-0.2, -0.15) is 0 Å². The van der Waals surface area contributed by atoms with Crippen molar-refractivity contribution in [3.05, 3.63) is 42.1 Å². The molecule has 3 aliphatic rings. The third-order valence-corrected chi connectivity index (χ3v) is 7.99. The summed E-state index contributed by atoms with van der Waals surface area (Å²) in [7, 11) is -3.04. The summed E-state index contributed by atoms with van der Waals surface area (Å²) in [6.07, 6.45) is 4.49. The SMILES string of the molecule is CC(C)CN(C(=O)CSC1=Nc2ccccc2[C@@H]2C=CNN12)[C@H]1CCS(=O)(=O)C1. The number of hydrogen-bond acceptors (Lipinski definition) is 7. The molecule has 0 radical (unpaired) electrons. The lowest BCUT2D eigenvalue weighted by molar-refractivity contribution is -0.130. The smallest absolute Gasteiger partial charge is 0.233 e. The number of benzene rings is 1. The van der Waals surface area contributed by atoms with Crippen LogP contribution in [0, 0.1) is 5.92 Å². The number of nitrogens with zero attached hydrogens (tertiary/aromatic N) is 3. The molecule has 0 saturated carbocycles. The summed E-state index contributed by atoms with van der Waals surface area (Å²) in [5.74, 6) is 0.719. The highest BCUT2D eigenvalue weighted by Crippen LogP contribution is 2.38. The molecule has 29 heavy (non-hydrogen) atoms. The van der Waals surface area contributed by atoms with Crippen LogP contribution in [-0.2, 0) is 14.6 Å². The first kappa shape index (κ1) is 20.3. The van der Waals surface area contributed by atoms with Gasteiger partial charge in [-0.25, -0.2) is 13.4 Å². The third kappa shape index (κ3) is 4.30. The molecular weight excluding hydrogens is 408 g/mol. The molecule has 0 unspecified atom stereocenters. The lowest BCUT2D eigenvalue weighted by Gasteiger charge is -2.33. The van der Waals surface area contributed by atoms with Crippen molar-refractivity contribution >= 4 is 38.4 Å². The molecule has 156 valence electrons. The number of aliphatic imine (C=N–C) groups is 1. The van der Waals surface area contributed by atoms with Crippen molar-refractivity contribution in [2.75, 3.05) is 23.8 Å². The fourth-order valence-corrected chi connectivity index (χ4v) is 6.59. The van der Waals surface area contributed by atoms with Gasteiger partial charge >= 0.3 is 0 Å². The Morgan fingerprint density at radius 2 is 2.17 bits per heavy atom. The Labute approximate surface area is 176 Å². The van der Waals surface area contributed by atoms with Gasteiger partial charge < -0.3 is 10.3 Å². The molecule has 2 atom stereocenters. The van der Waals surface area contributed by atoms with Crippen molar-refractivity contribution in [1.82, 2.24) is 15.3 Å². The molecule has 1 N–H and O–H groups in total. The minimum atomic E-state index is -3.04. The maximum absolute atomic E-state index is 13.1. The second-order valence-corrected chi connectivity index (χ2v) is 11.2. The number of amides is 1. The van der Waals surface area contributed by atoms with Gasteiger partial charge in [0, 0.05) is 24.4 Å². The molecule has 1 amide bonds. The van der Waals surface area contributed by atoms with Crippen LogP contribution < -0.4 is 5.43 Å². The maximum atomic E-state index is 13.1. The van der Waals surface area contributed by atoms with Crippen LogP contribution in [0.15, 0.2) is 41.5 Å². The Bertz CT molecular complexity index is 958. The normalized spacial score (nSPS) is 24.1. The zero-order chi connectivity index (χ0) is 20.6. The van der Waals surface area contributed by atoms with Gasteiger partial charge in [-0.15, -0.1) is 0 Å². The molecule has 0 bridgehead atoms. The van der Waals surface area contributed by atoms with Crippen LogP contribution in [-0.4, -0.2) is 59.2 Å². The monoisotopic (exact) mass is 434 g/mol. The average molecular weight is 435 g/mol. The number of carbonyl (C=O) groups excluding carboxylic acids is 1. The van der Waals surface area contributed by atoms with Gasteiger partial charge in [0.15, 0.2) is 15.0 Å². The molecule has 1 saturated heterocycles. The number of para-hydroxylation sites is 1. The van der Waals surface area contributed by atoms with Gasteiger partial charge in [0.2, 0.25) is 5.91 Å². The number of hydrazine groups is 1. The van der Waals surface area contributed by atoms with Crippen LogP contribution in [0.5, 0.6) is 0 Å². The van der Waals surface area contributed by atoms with Crippen LogP contribution >= 0.6 is 11.8 Å². The van der Waals surface area contributed by atoms with Crippen molar-refractivity contribution in [1.29, 1.82) is 0 Å². The van der Waals surface area contributed by atoms with E-state index >= 15 is 0 Å². The molecule has 9 heteroatoms. The van der Waals surface area contributed by atoms with E-state index in [4.69, 9.17) is 4.99 Å². The van der Waals surface area contributed by atoms with Gasteiger partial charge in [-0.3, -0.25) is 9.80 Å². The number of carbonyl (C=O) groups is 1. The molecule has 0 spiro atoms. The predicted octanol–water partition coefficient (Wildman–Crippen LogP) is 2.47. The van der Waals surface area contributed by atoms with Crippen LogP contribution in [0.1, 0.15) is 31.9 Å². The number of rotatable bonds is 5. The Hall–Kier alpha value is -2.00. The topological polar surface area (TPSA) is 82.1 Å². The van der Waals surface area contributed by atoms with E-state index in [1.807, 2.05) is 43.3 Å². The van der Waals surface area contributed by atoms with Crippen LogP contribution in [0.3, 0.4) is 0 Å². The van der Waals surface area contributed by atoms with E-state index in [2.05, 4.69) is 17.6 Å². The van der Waals surface area contributed by atoms with Gasteiger partial charge in [-0.1, -0.05) is 43.8 Å². The van der Waals surface area contributed by atoms with Gasteiger partial charge in [0.25, 0.3) is 0 Å². The largest absolute Gasteiger partial charge is 0.338 e. The highest BCUT2D eigenvalue weighted by molar-refractivity contribution is 8.14. The van der Waals surface area contributed by atoms with Crippen molar-refractivity contribution in [2.24, 2.45) is 10.9 Å². The van der Waals surface area contributed by atoms with E-state index in [9.17, 15) is 13.2 Å². The van der Waals surface area contributed by atoms with Crippen molar-refractivity contribution in [3.63, 3.8) is 0 Å². The van der Waals surface area contributed by atoms with Crippen molar-refractivity contribution in [2.45, 2.75) is 32.4 Å². The lowest BCUT2D eigenvalue weighted by atomic mass is 10.0. The molecule has 1 fully saturated rings. The molecule has 0 aliphatic carbocycles. The van der Waals surface area contributed by atoms with Crippen LogP contribution in [0.25, 0.3) is 0 Å². The Balaban J connectivity index is 1.48. The predicted molar refractivity (Wildman–Crippen MR) is 116 cm³/mol. The molecule has 3 heterocycles. The summed E-state index contributed by atoms with van der Waals surface area (Å²) in [5, 5.41) is 2.71. The first-order valence-corrected chi connectivity index (χ1v) is 12.7. The molecule has 7 nitrogen and oxygen atoms in total. The van der Waals surface area contributed by atoms with E-state index in [-0.39, 0.29) is 41.2 Å². The highest BCUT2D eigenvalue weighted by atomic mass is 32.2. The summed E-state index contributed by atoms with van der Waals surface area (Å²) in [6.45, 7) is 4.66. The van der Waals surface area contributed by atoms with Crippen molar-refractivity contribution in [3.8, 4) is 0 Å². The fourth-order valence-electron chi connectivity index (χ4n) is 3.97. The number of amidine groups is 1. The van der Waals surface area contributed by atoms with E-state index in [0.29, 0.717) is 13.0 Å². The first-order chi connectivity index (χ1) is 13.8. The quantitative estimate of drug-likeness (QED) is 0.767. The van der Waals surface area contributed by atoms with E-state index in [1.165, 1.54) is 11.8 Å². The summed E-state index contributed by atoms with van der Waals surface area (Å²) in [4.78, 5) is 19.6. The summed E-state index contributed by atoms with van der Waals surface area (Å²) < 4.78 is 23.8. The standard InChI is InChI=1S/C20H26N4O3S2/c1-14(2)11-23(15-8-10-29(26,27)13-15)19(25)12-28-20-22-17-6-4-3-5-16(17)18-7-9-21-24(18)20/h3-7,9,14-15,18,21H,8,10-13H2,1-2H3/t15-,18-/m0/s1. The Morgan fingerprint density at radius 1 is 1.38 bits per heavy atom. The lowest BCUT2D eigenvalue weighted by Crippen LogP contribution is -2.45. The molecule has 1 aromatic carbocycles. The zero-order valence-electron chi connectivity index (χ0n) is 16.6. The first-order valence-electron chi connectivity index (χ1n) is 9.86. The molecule has 1 aromatic rings. The second kappa shape index (κ2) is 8.02. The maximum Gasteiger partial charge on any atom is 0.233 e. The minimum Gasteiger partial charge on any atom is -0.338 e. The molecule has 0 aromatic heterocycles. The summed E-state index contributed by atoms with van der Waals surface area (Å²) in [5.41, 5.74) is 5.24. The van der Waals surface area contributed by atoms with Gasteiger partial charge in [0.1, 0.15) is 0 Å². The molecule has 4 rings (SSSR count). The fraction of sp³-hybridized carbons (Fsp3) is 0.500. The number of hydrogen-bond donors (Lipinski definition) is 1. The van der Waals surface area contributed by atoms with E-state index in [1.54, 1.807) is 4.90 Å². The van der Waals surface area contributed by atoms with Gasteiger partial charge in [-0.05, 0) is 24.5 Å². The number of thioether (sulfide) groups is 1. The molecular formula is C20H26N4O3S2. The van der Waals surface area contributed by atoms with Gasteiger partial charge in [0.05, 0.1) is 29.0 Å². The van der Waals surface area contributed by atoms with E-state index < -0.39 is 9.84 Å². The number of fused-ring (bicyclic) bond motifs is 3. The Morgan fingerprint density at radius 3 is 2.90 bits per heavy atom. The second-order valence-electron chi connectivity index (χ2n) is 8.04. The highest BCUT2D eigenvalue weighted by Gasteiger charge is 2.36. The summed E-state index contributed by atoms with van der Waals surface area (Å²) >= 11 is 1.39. The third-order valence-electron chi connectivity index (χ3n) is 5.30. The van der Waals surface area contributed by atoms with Crippen LogP contribution in [0.2, 0.25) is 0 Å². The van der Waals surface area contributed by atoms with Crippen molar-refractivity contribution < 1.29 is 13.2 Å².